The molecule has 96 valence electrons. The molecule has 18 heavy (non-hydrogen) atoms. The van der Waals surface area contributed by atoms with Crippen LogP contribution in [0.25, 0.3) is 0 Å². The molecule has 1 saturated heterocycles. The predicted molar refractivity (Wildman–Crippen MR) is 70.8 cm³/mol. The SMILES string of the molecule is O=[N+]([O-])c1ccc(N2CCCC2C2CCC2)cc1. The molecule has 0 aromatic heterocycles. The van der Waals surface area contributed by atoms with Gasteiger partial charge in [0.2, 0.25) is 0 Å². The number of rotatable bonds is 3. The number of nitrogens with zero attached hydrogens (tertiary/aromatic N) is 2. The molecule has 1 unspecified atom stereocenters. The highest BCUT2D eigenvalue weighted by atomic mass is 16.6. The van der Waals surface area contributed by atoms with E-state index < -0.39 is 0 Å². The van der Waals surface area contributed by atoms with Crippen molar-refractivity contribution >= 4 is 11.4 Å². The highest BCUT2D eigenvalue weighted by molar-refractivity contribution is 5.52. The molecule has 1 heterocycles. The van der Waals surface area contributed by atoms with Crippen molar-refractivity contribution in [2.45, 2.75) is 38.1 Å². The van der Waals surface area contributed by atoms with Crippen LogP contribution in [0.4, 0.5) is 11.4 Å². The standard InChI is InChI=1S/C14H18N2O2/c17-16(18)13-8-6-12(7-9-13)15-10-2-5-14(15)11-3-1-4-11/h6-9,11,14H,1-5,10H2. The molecule has 1 saturated carbocycles. The third kappa shape index (κ3) is 1.96. The lowest BCUT2D eigenvalue weighted by Crippen LogP contribution is -2.38. The molecule has 1 aliphatic carbocycles. The molecule has 1 aromatic carbocycles. The van der Waals surface area contributed by atoms with E-state index in [0.717, 1.165) is 18.2 Å². The first kappa shape index (κ1) is 11.5. The summed E-state index contributed by atoms with van der Waals surface area (Å²) >= 11 is 0. The Morgan fingerprint density at radius 1 is 1.11 bits per heavy atom. The molecule has 2 fully saturated rings. The molecule has 4 heteroatoms. The smallest absolute Gasteiger partial charge is 0.269 e. The second kappa shape index (κ2) is 4.59. The van der Waals surface area contributed by atoms with Gasteiger partial charge < -0.3 is 4.90 Å². The van der Waals surface area contributed by atoms with Gasteiger partial charge in [-0.2, -0.15) is 0 Å². The molecule has 0 amide bonds. The third-order valence-electron chi connectivity index (χ3n) is 4.39. The lowest BCUT2D eigenvalue weighted by atomic mass is 9.78. The average Bonchev–Trinajstić information content (AvgIpc) is 2.76. The maximum Gasteiger partial charge on any atom is 0.269 e. The van der Waals surface area contributed by atoms with Crippen LogP contribution in [0.2, 0.25) is 0 Å². The third-order valence-corrected chi connectivity index (χ3v) is 4.39. The molecule has 4 nitrogen and oxygen atoms in total. The summed E-state index contributed by atoms with van der Waals surface area (Å²) in [7, 11) is 0. The van der Waals surface area contributed by atoms with Crippen LogP contribution in [-0.4, -0.2) is 17.5 Å². The molecular weight excluding hydrogens is 228 g/mol. The van der Waals surface area contributed by atoms with Crippen molar-refractivity contribution in [2.24, 2.45) is 5.92 Å². The van der Waals surface area contributed by atoms with Crippen molar-refractivity contribution in [3.8, 4) is 0 Å². The number of benzene rings is 1. The zero-order valence-electron chi connectivity index (χ0n) is 10.4. The number of hydrogen-bond acceptors (Lipinski definition) is 3. The Kier molecular flexibility index (Phi) is 2.94. The Morgan fingerprint density at radius 2 is 1.83 bits per heavy atom. The summed E-state index contributed by atoms with van der Waals surface area (Å²) in [5.41, 5.74) is 1.33. The van der Waals surface area contributed by atoms with Crippen LogP contribution in [0.15, 0.2) is 24.3 Å². The number of nitro benzene ring substituents is 1. The van der Waals surface area contributed by atoms with E-state index in [1.807, 2.05) is 12.1 Å². The van der Waals surface area contributed by atoms with Crippen molar-refractivity contribution in [1.82, 2.24) is 0 Å². The molecular formula is C14H18N2O2. The van der Waals surface area contributed by atoms with Crippen molar-refractivity contribution < 1.29 is 4.92 Å². The van der Waals surface area contributed by atoms with Gasteiger partial charge >= 0.3 is 0 Å². The Bertz CT molecular complexity index is 440. The summed E-state index contributed by atoms with van der Waals surface area (Å²) in [5.74, 6) is 0.850. The fourth-order valence-electron chi connectivity index (χ4n) is 3.19. The van der Waals surface area contributed by atoms with Crippen LogP contribution >= 0.6 is 0 Å². The quantitative estimate of drug-likeness (QED) is 0.607. The number of hydrogen-bond donors (Lipinski definition) is 0. The minimum atomic E-state index is -0.336. The molecule has 0 radical (unpaired) electrons. The molecule has 0 spiro atoms. The molecule has 1 aromatic rings. The highest BCUT2D eigenvalue weighted by Crippen LogP contribution is 2.39. The van der Waals surface area contributed by atoms with Gasteiger partial charge in [-0.1, -0.05) is 6.42 Å². The van der Waals surface area contributed by atoms with Gasteiger partial charge in [0.05, 0.1) is 4.92 Å². The second-order valence-electron chi connectivity index (χ2n) is 5.37. The van der Waals surface area contributed by atoms with Gasteiger partial charge in [0, 0.05) is 30.4 Å². The van der Waals surface area contributed by atoms with Gasteiger partial charge in [-0.3, -0.25) is 10.1 Å². The van der Waals surface area contributed by atoms with Crippen molar-refractivity contribution in [3.05, 3.63) is 34.4 Å². The van der Waals surface area contributed by atoms with Crippen LogP contribution in [0.1, 0.15) is 32.1 Å². The van der Waals surface area contributed by atoms with Crippen molar-refractivity contribution in [1.29, 1.82) is 0 Å². The van der Waals surface area contributed by atoms with E-state index in [2.05, 4.69) is 4.90 Å². The Morgan fingerprint density at radius 3 is 2.39 bits per heavy atom. The number of non-ortho nitro benzene ring substituents is 1. The van der Waals surface area contributed by atoms with Crippen LogP contribution < -0.4 is 4.90 Å². The summed E-state index contributed by atoms with van der Waals surface area (Å²) in [6, 6.07) is 7.70. The summed E-state index contributed by atoms with van der Waals surface area (Å²) in [6.07, 6.45) is 6.61. The van der Waals surface area contributed by atoms with Crippen LogP contribution in [0.3, 0.4) is 0 Å². The van der Waals surface area contributed by atoms with Gasteiger partial charge in [0.15, 0.2) is 0 Å². The topological polar surface area (TPSA) is 46.4 Å². The number of anilines is 1. The van der Waals surface area contributed by atoms with Gasteiger partial charge in [-0.15, -0.1) is 0 Å². The molecule has 3 rings (SSSR count). The monoisotopic (exact) mass is 246 g/mol. The lowest BCUT2D eigenvalue weighted by molar-refractivity contribution is -0.384. The van der Waals surface area contributed by atoms with Crippen molar-refractivity contribution in [3.63, 3.8) is 0 Å². The highest BCUT2D eigenvalue weighted by Gasteiger charge is 2.34. The van der Waals surface area contributed by atoms with E-state index in [-0.39, 0.29) is 10.6 Å². The normalized spacial score (nSPS) is 24.0. The molecule has 1 atom stereocenters. The van der Waals surface area contributed by atoms with E-state index in [0.29, 0.717) is 6.04 Å². The van der Waals surface area contributed by atoms with E-state index in [1.165, 1.54) is 32.1 Å². The van der Waals surface area contributed by atoms with Gasteiger partial charge in [0.1, 0.15) is 0 Å². The summed E-state index contributed by atoms with van der Waals surface area (Å²) in [5, 5.41) is 10.7. The summed E-state index contributed by atoms with van der Waals surface area (Å²) in [4.78, 5) is 12.8. The number of nitro groups is 1. The van der Waals surface area contributed by atoms with Crippen LogP contribution in [-0.2, 0) is 0 Å². The molecule has 0 bridgehead atoms. The second-order valence-corrected chi connectivity index (χ2v) is 5.37. The Balaban J connectivity index is 1.78. The molecule has 0 N–H and O–H groups in total. The van der Waals surface area contributed by atoms with E-state index >= 15 is 0 Å². The largest absolute Gasteiger partial charge is 0.368 e. The van der Waals surface area contributed by atoms with Gasteiger partial charge in [-0.05, 0) is 43.7 Å². The molecule has 2 aliphatic rings. The maximum absolute atomic E-state index is 10.7. The fourth-order valence-corrected chi connectivity index (χ4v) is 3.19. The van der Waals surface area contributed by atoms with Crippen LogP contribution in [0.5, 0.6) is 0 Å². The first-order chi connectivity index (χ1) is 8.75. The predicted octanol–water partition coefficient (Wildman–Crippen LogP) is 3.36. The van der Waals surface area contributed by atoms with E-state index in [9.17, 15) is 10.1 Å². The van der Waals surface area contributed by atoms with Gasteiger partial charge in [0.25, 0.3) is 5.69 Å². The lowest BCUT2D eigenvalue weighted by Gasteiger charge is -2.38. The summed E-state index contributed by atoms with van der Waals surface area (Å²) in [6.45, 7) is 1.10. The van der Waals surface area contributed by atoms with E-state index in [1.54, 1.807) is 12.1 Å². The summed E-state index contributed by atoms with van der Waals surface area (Å²) < 4.78 is 0. The van der Waals surface area contributed by atoms with E-state index in [4.69, 9.17) is 0 Å². The van der Waals surface area contributed by atoms with Gasteiger partial charge in [-0.25, -0.2) is 0 Å². The zero-order chi connectivity index (χ0) is 12.5. The first-order valence-electron chi connectivity index (χ1n) is 6.77. The Labute approximate surface area is 107 Å². The maximum atomic E-state index is 10.7. The average molecular weight is 246 g/mol. The zero-order valence-corrected chi connectivity index (χ0v) is 10.4. The van der Waals surface area contributed by atoms with Crippen molar-refractivity contribution in [2.75, 3.05) is 11.4 Å². The first-order valence-corrected chi connectivity index (χ1v) is 6.77. The fraction of sp³-hybridized carbons (Fsp3) is 0.571. The minimum absolute atomic E-state index is 0.179. The minimum Gasteiger partial charge on any atom is -0.368 e. The molecule has 1 aliphatic heterocycles. The Hall–Kier alpha value is -1.58. The van der Waals surface area contributed by atoms with Crippen LogP contribution in [0, 0.1) is 16.0 Å².